The Morgan fingerprint density at radius 1 is 1.42 bits per heavy atom. The average Bonchev–Trinajstić information content (AvgIpc) is 2.73. The summed E-state index contributed by atoms with van der Waals surface area (Å²) in [6.07, 6.45) is 5.03. The Morgan fingerprint density at radius 2 is 2.05 bits per heavy atom. The van der Waals surface area contributed by atoms with Crippen LogP contribution in [0.25, 0.3) is 0 Å². The van der Waals surface area contributed by atoms with Gasteiger partial charge in [0.2, 0.25) is 0 Å². The Bertz CT molecular complexity index is 502. The largest absolute Gasteiger partial charge is 0.301 e. The van der Waals surface area contributed by atoms with Crippen molar-refractivity contribution in [2.24, 2.45) is 0 Å². The smallest absolute Gasteiger partial charge is 0.268 e. The van der Waals surface area contributed by atoms with Gasteiger partial charge in [-0.1, -0.05) is 13.3 Å². The van der Waals surface area contributed by atoms with Gasteiger partial charge in [-0.15, -0.1) is 0 Å². The Kier molecular flexibility index (Phi) is 4.98. The van der Waals surface area contributed by atoms with Gasteiger partial charge in [0.25, 0.3) is 0 Å². The van der Waals surface area contributed by atoms with Gasteiger partial charge in [0.15, 0.2) is 0 Å². The van der Waals surface area contributed by atoms with Gasteiger partial charge in [-0.2, -0.15) is 17.8 Å². The third kappa shape index (κ3) is 4.50. The molecule has 1 aromatic heterocycles. The summed E-state index contributed by atoms with van der Waals surface area (Å²) in [4.78, 5) is 0. The number of anilines is 1. The zero-order valence-electron chi connectivity index (χ0n) is 12.3. The van der Waals surface area contributed by atoms with E-state index in [1.54, 1.807) is 17.9 Å². The highest BCUT2D eigenvalue weighted by Gasteiger charge is 2.19. The van der Waals surface area contributed by atoms with Crippen molar-refractivity contribution in [3.05, 3.63) is 12.4 Å². The van der Waals surface area contributed by atoms with E-state index < -0.39 is 10.2 Å². The van der Waals surface area contributed by atoms with E-state index in [0.29, 0.717) is 12.2 Å². The fourth-order valence-corrected chi connectivity index (χ4v) is 2.40. The monoisotopic (exact) mass is 288 g/mol. The first-order valence-corrected chi connectivity index (χ1v) is 7.90. The first-order chi connectivity index (χ1) is 8.66. The van der Waals surface area contributed by atoms with Crippen LogP contribution in [-0.4, -0.2) is 36.1 Å². The van der Waals surface area contributed by atoms with E-state index in [1.165, 1.54) is 10.5 Å². The molecule has 0 amide bonds. The molecular weight excluding hydrogens is 264 g/mol. The summed E-state index contributed by atoms with van der Waals surface area (Å²) in [5.74, 6) is 0. The summed E-state index contributed by atoms with van der Waals surface area (Å²) in [5, 5.41) is 4.16. The van der Waals surface area contributed by atoms with Crippen molar-refractivity contribution in [1.82, 2.24) is 14.1 Å². The average molecular weight is 288 g/mol. The Morgan fingerprint density at radius 3 is 2.53 bits per heavy atom. The van der Waals surface area contributed by atoms with Crippen LogP contribution in [0.4, 0.5) is 5.69 Å². The normalized spacial score (nSPS) is 12.9. The third-order valence-corrected chi connectivity index (χ3v) is 4.25. The van der Waals surface area contributed by atoms with E-state index in [1.807, 2.05) is 27.7 Å². The molecule has 0 aliphatic carbocycles. The zero-order chi connectivity index (χ0) is 14.7. The second-order valence-corrected chi connectivity index (χ2v) is 7.40. The van der Waals surface area contributed by atoms with E-state index in [0.717, 1.165) is 12.8 Å². The summed E-state index contributed by atoms with van der Waals surface area (Å²) >= 11 is 0. The molecule has 1 rings (SSSR count). The molecule has 0 radical (unpaired) electrons. The molecule has 0 spiro atoms. The summed E-state index contributed by atoms with van der Waals surface area (Å²) in [6.45, 7) is 8.56. The summed E-state index contributed by atoms with van der Waals surface area (Å²) < 4.78 is 29.7. The minimum absolute atomic E-state index is 0.169. The van der Waals surface area contributed by atoms with Gasteiger partial charge in [0.1, 0.15) is 0 Å². The highest BCUT2D eigenvalue weighted by molar-refractivity contribution is 7.90. The molecule has 19 heavy (non-hydrogen) atoms. The topological polar surface area (TPSA) is 67.2 Å². The highest BCUT2D eigenvalue weighted by atomic mass is 32.2. The van der Waals surface area contributed by atoms with Crippen molar-refractivity contribution < 1.29 is 8.42 Å². The van der Waals surface area contributed by atoms with Gasteiger partial charge in [0.05, 0.1) is 17.4 Å². The Hall–Kier alpha value is -1.08. The molecule has 0 aromatic carbocycles. The molecule has 0 bridgehead atoms. The van der Waals surface area contributed by atoms with Crippen molar-refractivity contribution in [3.8, 4) is 0 Å². The number of rotatable bonds is 6. The Labute approximate surface area is 116 Å². The molecule has 0 saturated carbocycles. The van der Waals surface area contributed by atoms with Gasteiger partial charge in [0, 0.05) is 19.8 Å². The number of unbranched alkanes of at least 4 members (excludes halogenated alkanes) is 1. The van der Waals surface area contributed by atoms with Gasteiger partial charge in [-0.25, -0.2) is 0 Å². The minimum atomic E-state index is -3.49. The molecule has 1 heterocycles. The number of hydrogen-bond donors (Lipinski definition) is 1. The van der Waals surface area contributed by atoms with E-state index >= 15 is 0 Å². The Balaban J connectivity index is 2.76. The van der Waals surface area contributed by atoms with E-state index in [-0.39, 0.29) is 5.54 Å². The third-order valence-electron chi connectivity index (χ3n) is 2.75. The predicted octanol–water partition coefficient (Wildman–Crippen LogP) is 2.03. The van der Waals surface area contributed by atoms with Crippen LogP contribution in [0.15, 0.2) is 12.4 Å². The van der Waals surface area contributed by atoms with Crippen LogP contribution >= 0.6 is 0 Å². The number of nitrogens with zero attached hydrogens (tertiary/aromatic N) is 3. The van der Waals surface area contributed by atoms with Crippen LogP contribution in [-0.2, 0) is 15.7 Å². The molecule has 110 valence electrons. The van der Waals surface area contributed by atoms with Crippen LogP contribution in [0.2, 0.25) is 0 Å². The minimum Gasteiger partial charge on any atom is -0.268 e. The zero-order valence-corrected chi connectivity index (χ0v) is 13.2. The number of aromatic nitrogens is 2. The fraction of sp³-hybridized carbons (Fsp3) is 0.750. The molecule has 1 N–H and O–H groups in total. The highest BCUT2D eigenvalue weighted by Crippen LogP contribution is 2.17. The van der Waals surface area contributed by atoms with Crippen LogP contribution in [0.3, 0.4) is 0 Å². The molecule has 7 heteroatoms. The molecule has 0 saturated heterocycles. The first kappa shape index (κ1) is 16.0. The second-order valence-electron chi connectivity index (χ2n) is 5.63. The molecule has 0 aliphatic heterocycles. The summed E-state index contributed by atoms with van der Waals surface area (Å²) in [6, 6.07) is 0. The van der Waals surface area contributed by atoms with Crippen molar-refractivity contribution >= 4 is 15.9 Å². The lowest BCUT2D eigenvalue weighted by molar-refractivity contribution is 0.355. The summed E-state index contributed by atoms with van der Waals surface area (Å²) in [5.41, 5.74) is 0.316. The maximum Gasteiger partial charge on any atom is 0.301 e. The quantitative estimate of drug-likeness (QED) is 0.871. The van der Waals surface area contributed by atoms with Crippen LogP contribution in [0, 0.1) is 0 Å². The summed E-state index contributed by atoms with van der Waals surface area (Å²) in [7, 11) is -1.91. The molecule has 0 atom stereocenters. The van der Waals surface area contributed by atoms with E-state index in [4.69, 9.17) is 0 Å². The van der Waals surface area contributed by atoms with Crippen molar-refractivity contribution in [2.45, 2.75) is 46.1 Å². The van der Waals surface area contributed by atoms with Crippen LogP contribution in [0.1, 0.15) is 40.5 Å². The lowest BCUT2D eigenvalue weighted by Gasteiger charge is -2.19. The predicted molar refractivity (Wildman–Crippen MR) is 77.3 cm³/mol. The molecular formula is C12H24N4O2S. The molecule has 0 aliphatic rings. The fourth-order valence-electron chi connectivity index (χ4n) is 1.47. The van der Waals surface area contributed by atoms with Gasteiger partial charge >= 0.3 is 10.2 Å². The number of hydrogen-bond acceptors (Lipinski definition) is 3. The maximum absolute atomic E-state index is 12.0. The van der Waals surface area contributed by atoms with Gasteiger partial charge in [-0.3, -0.25) is 9.40 Å². The van der Waals surface area contributed by atoms with E-state index in [2.05, 4.69) is 9.82 Å². The van der Waals surface area contributed by atoms with Crippen LogP contribution in [0.5, 0.6) is 0 Å². The first-order valence-electron chi connectivity index (χ1n) is 6.46. The van der Waals surface area contributed by atoms with Crippen molar-refractivity contribution in [1.29, 1.82) is 0 Å². The lowest BCUT2D eigenvalue weighted by Crippen LogP contribution is -2.33. The van der Waals surface area contributed by atoms with Crippen LogP contribution < -0.4 is 4.72 Å². The van der Waals surface area contributed by atoms with Crippen molar-refractivity contribution in [3.63, 3.8) is 0 Å². The molecule has 6 nitrogen and oxygen atoms in total. The number of nitrogens with one attached hydrogen (secondary N) is 1. The standard InChI is InChI=1S/C12H24N4O2S/c1-6-7-8-15(5)19(17,18)14-11-9-13-16(10-11)12(2,3)4/h9-10,14H,6-8H2,1-5H3. The lowest BCUT2D eigenvalue weighted by atomic mass is 10.1. The van der Waals surface area contributed by atoms with Gasteiger partial charge in [-0.05, 0) is 27.2 Å². The molecule has 1 aromatic rings. The molecule has 0 fully saturated rings. The van der Waals surface area contributed by atoms with Crippen molar-refractivity contribution in [2.75, 3.05) is 18.3 Å². The van der Waals surface area contributed by atoms with E-state index in [9.17, 15) is 8.42 Å². The SMILES string of the molecule is CCCCN(C)S(=O)(=O)Nc1cnn(C(C)(C)C)c1. The molecule has 0 unspecified atom stereocenters. The van der Waals surface area contributed by atoms with Gasteiger partial charge < -0.3 is 0 Å². The second kappa shape index (κ2) is 5.92. The maximum atomic E-state index is 12.0.